The van der Waals surface area contributed by atoms with Crippen LogP contribution in [0.25, 0.3) is 0 Å². The van der Waals surface area contributed by atoms with Gasteiger partial charge < -0.3 is 9.30 Å². The van der Waals surface area contributed by atoms with Gasteiger partial charge in [-0.15, -0.1) is 0 Å². The molecule has 0 amide bonds. The SMILES string of the molecule is O=S(=O)(NCCc1ccc(OCCn2ccnc2)cc1)c1ccc(Cl)cc1. The summed E-state index contributed by atoms with van der Waals surface area (Å²) in [6.45, 7) is 1.59. The number of ether oxygens (including phenoxy) is 1. The van der Waals surface area contributed by atoms with E-state index in [-0.39, 0.29) is 4.90 Å². The van der Waals surface area contributed by atoms with E-state index in [1.165, 1.54) is 12.1 Å². The van der Waals surface area contributed by atoms with Crippen LogP contribution < -0.4 is 9.46 Å². The second kappa shape index (κ2) is 9.03. The highest BCUT2D eigenvalue weighted by atomic mass is 35.5. The van der Waals surface area contributed by atoms with E-state index < -0.39 is 10.0 Å². The smallest absolute Gasteiger partial charge is 0.240 e. The number of benzene rings is 2. The lowest BCUT2D eigenvalue weighted by Crippen LogP contribution is -2.25. The second-order valence-electron chi connectivity index (χ2n) is 5.89. The molecule has 1 aromatic heterocycles. The van der Waals surface area contributed by atoms with Gasteiger partial charge in [0.2, 0.25) is 10.0 Å². The van der Waals surface area contributed by atoms with Crippen LogP contribution in [0.3, 0.4) is 0 Å². The third-order valence-electron chi connectivity index (χ3n) is 3.93. The van der Waals surface area contributed by atoms with Crippen molar-refractivity contribution >= 4 is 21.6 Å². The maximum atomic E-state index is 12.2. The van der Waals surface area contributed by atoms with Crippen LogP contribution >= 0.6 is 11.6 Å². The number of nitrogens with one attached hydrogen (secondary N) is 1. The predicted molar refractivity (Wildman–Crippen MR) is 105 cm³/mol. The summed E-state index contributed by atoms with van der Waals surface area (Å²) in [4.78, 5) is 4.18. The highest BCUT2D eigenvalue weighted by Gasteiger charge is 2.12. The van der Waals surface area contributed by atoms with Gasteiger partial charge in [-0.05, 0) is 48.4 Å². The van der Waals surface area contributed by atoms with Gasteiger partial charge in [-0.1, -0.05) is 23.7 Å². The average molecular weight is 406 g/mol. The third kappa shape index (κ3) is 5.82. The Balaban J connectivity index is 1.45. The molecule has 0 unspecified atom stereocenters. The van der Waals surface area contributed by atoms with Crippen molar-refractivity contribution in [1.29, 1.82) is 0 Å². The molecular weight excluding hydrogens is 386 g/mol. The van der Waals surface area contributed by atoms with E-state index in [0.717, 1.165) is 17.9 Å². The first-order valence-corrected chi connectivity index (χ1v) is 10.3. The molecule has 0 aliphatic carbocycles. The quantitative estimate of drug-likeness (QED) is 0.593. The molecule has 142 valence electrons. The van der Waals surface area contributed by atoms with Gasteiger partial charge in [0.1, 0.15) is 12.4 Å². The van der Waals surface area contributed by atoms with Crippen LogP contribution in [0.15, 0.2) is 72.1 Å². The summed E-state index contributed by atoms with van der Waals surface area (Å²) in [6.07, 6.45) is 5.95. The molecule has 0 aliphatic heterocycles. The predicted octanol–water partition coefficient (Wildman–Crippen LogP) is 3.14. The Morgan fingerprint density at radius 1 is 1.07 bits per heavy atom. The van der Waals surface area contributed by atoms with Crippen LogP contribution in [-0.2, 0) is 23.0 Å². The summed E-state index contributed by atoms with van der Waals surface area (Å²) in [5.74, 6) is 0.778. The van der Waals surface area contributed by atoms with Crippen molar-refractivity contribution in [3.8, 4) is 5.75 Å². The maximum absolute atomic E-state index is 12.2. The Hall–Kier alpha value is -2.35. The largest absolute Gasteiger partial charge is 0.492 e. The van der Waals surface area contributed by atoms with E-state index in [9.17, 15) is 8.42 Å². The number of imidazole rings is 1. The molecular formula is C19H20ClN3O3S. The molecule has 0 aliphatic rings. The van der Waals surface area contributed by atoms with E-state index in [2.05, 4.69) is 9.71 Å². The minimum absolute atomic E-state index is 0.202. The summed E-state index contributed by atoms with van der Waals surface area (Å²) in [7, 11) is -3.53. The van der Waals surface area contributed by atoms with Crippen molar-refractivity contribution in [2.45, 2.75) is 17.9 Å². The minimum atomic E-state index is -3.53. The van der Waals surface area contributed by atoms with Crippen LogP contribution in [0.2, 0.25) is 5.02 Å². The lowest BCUT2D eigenvalue weighted by Gasteiger charge is -2.09. The minimum Gasteiger partial charge on any atom is -0.492 e. The van der Waals surface area contributed by atoms with E-state index in [1.807, 2.05) is 35.0 Å². The van der Waals surface area contributed by atoms with Crippen molar-refractivity contribution in [2.75, 3.05) is 13.2 Å². The topological polar surface area (TPSA) is 73.2 Å². The van der Waals surface area contributed by atoms with Gasteiger partial charge in [-0.25, -0.2) is 18.1 Å². The zero-order chi connectivity index (χ0) is 19.1. The number of hydrogen-bond acceptors (Lipinski definition) is 4. The zero-order valence-corrected chi connectivity index (χ0v) is 16.2. The molecule has 0 saturated heterocycles. The first-order chi connectivity index (χ1) is 13.0. The fourth-order valence-corrected chi connectivity index (χ4v) is 3.62. The molecule has 0 radical (unpaired) electrons. The second-order valence-corrected chi connectivity index (χ2v) is 8.10. The number of sulfonamides is 1. The number of nitrogens with zero attached hydrogens (tertiary/aromatic N) is 2. The number of aromatic nitrogens is 2. The van der Waals surface area contributed by atoms with Crippen molar-refractivity contribution in [3.05, 3.63) is 77.8 Å². The van der Waals surface area contributed by atoms with Gasteiger partial charge in [0.25, 0.3) is 0 Å². The van der Waals surface area contributed by atoms with Crippen molar-refractivity contribution < 1.29 is 13.2 Å². The summed E-state index contributed by atoms with van der Waals surface area (Å²) in [5, 5.41) is 0.501. The molecule has 3 aromatic rings. The monoisotopic (exact) mass is 405 g/mol. The van der Waals surface area contributed by atoms with Gasteiger partial charge in [0.15, 0.2) is 0 Å². The van der Waals surface area contributed by atoms with Crippen LogP contribution in [-0.4, -0.2) is 31.1 Å². The molecule has 6 nitrogen and oxygen atoms in total. The lowest BCUT2D eigenvalue weighted by molar-refractivity contribution is 0.298. The lowest BCUT2D eigenvalue weighted by atomic mass is 10.1. The Morgan fingerprint density at radius 3 is 2.48 bits per heavy atom. The first kappa shape index (κ1) is 19.4. The van der Waals surface area contributed by atoms with Gasteiger partial charge in [-0.2, -0.15) is 0 Å². The Kier molecular flexibility index (Phi) is 6.49. The highest BCUT2D eigenvalue weighted by Crippen LogP contribution is 2.15. The summed E-state index contributed by atoms with van der Waals surface area (Å²) in [5.41, 5.74) is 1.02. The summed E-state index contributed by atoms with van der Waals surface area (Å²) in [6, 6.07) is 13.7. The van der Waals surface area contributed by atoms with Gasteiger partial charge in [-0.3, -0.25) is 0 Å². The normalized spacial score (nSPS) is 11.4. The molecule has 0 atom stereocenters. The Labute approximate surface area is 163 Å². The summed E-state index contributed by atoms with van der Waals surface area (Å²) >= 11 is 5.79. The van der Waals surface area contributed by atoms with Gasteiger partial charge >= 0.3 is 0 Å². The first-order valence-electron chi connectivity index (χ1n) is 8.46. The third-order valence-corrected chi connectivity index (χ3v) is 5.66. The fourth-order valence-electron chi connectivity index (χ4n) is 2.47. The molecule has 3 rings (SSSR count). The van der Waals surface area contributed by atoms with Crippen molar-refractivity contribution in [2.24, 2.45) is 0 Å². The van der Waals surface area contributed by atoms with E-state index in [1.54, 1.807) is 24.7 Å². The highest BCUT2D eigenvalue weighted by molar-refractivity contribution is 7.89. The Bertz CT molecular complexity index is 941. The molecule has 0 bridgehead atoms. The van der Waals surface area contributed by atoms with Gasteiger partial charge in [0.05, 0.1) is 17.8 Å². The van der Waals surface area contributed by atoms with Crippen LogP contribution in [0.5, 0.6) is 5.75 Å². The van der Waals surface area contributed by atoms with Crippen LogP contribution in [0, 0.1) is 0 Å². The average Bonchev–Trinajstić information content (AvgIpc) is 3.17. The molecule has 1 heterocycles. The van der Waals surface area contributed by atoms with Crippen LogP contribution in [0.1, 0.15) is 5.56 Å². The van der Waals surface area contributed by atoms with E-state index >= 15 is 0 Å². The van der Waals surface area contributed by atoms with E-state index in [0.29, 0.717) is 24.6 Å². The van der Waals surface area contributed by atoms with Crippen molar-refractivity contribution in [1.82, 2.24) is 14.3 Å². The fraction of sp³-hybridized carbons (Fsp3) is 0.211. The number of rotatable bonds is 9. The molecule has 0 saturated carbocycles. The molecule has 1 N–H and O–H groups in total. The Morgan fingerprint density at radius 2 is 1.81 bits per heavy atom. The van der Waals surface area contributed by atoms with Crippen molar-refractivity contribution in [3.63, 3.8) is 0 Å². The maximum Gasteiger partial charge on any atom is 0.240 e. The van der Waals surface area contributed by atoms with Crippen LogP contribution in [0.4, 0.5) is 0 Å². The molecule has 0 fully saturated rings. The van der Waals surface area contributed by atoms with E-state index in [4.69, 9.17) is 16.3 Å². The van der Waals surface area contributed by atoms with Gasteiger partial charge in [0, 0.05) is 24.0 Å². The summed E-state index contributed by atoms with van der Waals surface area (Å²) < 4.78 is 34.7. The number of halogens is 1. The molecule has 27 heavy (non-hydrogen) atoms. The molecule has 0 spiro atoms. The standard InChI is InChI=1S/C19H20ClN3O3S/c20-17-3-7-19(8-4-17)27(24,25)22-10-9-16-1-5-18(6-2-16)26-14-13-23-12-11-21-15-23/h1-8,11-12,15,22H,9-10,13-14H2. The zero-order valence-electron chi connectivity index (χ0n) is 14.6. The number of hydrogen-bond donors (Lipinski definition) is 1. The molecule has 2 aromatic carbocycles. The molecule has 8 heteroatoms.